The molecule has 0 spiro atoms. The molecule has 0 unspecified atom stereocenters. The molecule has 0 aliphatic heterocycles. The Bertz CT molecular complexity index is 608. The normalized spacial score (nSPS) is 10.2. The molecule has 2 aromatic carbocycles. The summed E-state index contributed by atoms with van der Waals surface area (Å²) in [4.78, 5) is 12.4. The van der Waals surface area contributed by atoms with E-state index in [-0.39, 0.29) is 5.91 Å². The number of nitrogens with one attached hydrogen (secondary N) is 1. The minimum Gasteiger partial charge on any atom is -0.491 e. The zero-order chi connectivity index (χ0) is 15.1. The first-order chi connectivity index (χ1) is 10.2. The quantitative estimate of drug-likeness (QED) is 0.797. The van der Waals surface area contributed by atoms with Crippen molar-refractivity contribution in [1.82, 2.24) is 0 Å². The van der Waals surface area contributed by atoms with E-state index >= 15 is 0 Å². The van der Waals surface area contributed by atoms with Gasteiger partial charge in [-0.2, -0.15) is 0 Å². The molecule has 0 aliphatic carbocycles. The van der Waals surface area contributed by atoms with E-state index in [2.05, 4.69) is 12.2 Å². The van der Waals surface area contributed by atoms with Crippen LogP contribution in [0, 0.1) is 6.92 Å². The van der Waals surface area contributed by atoms with Gasteiger partial charge in [0.2, 0.25) is 0 Å². The van der Waals surface area contributed by atoms with Crippen LogP contribution >= 0.6 is 0 Å². The van der Waals surface area contributed by atoms with Crippen molar-refractivity contribution >= 4 is 11.6 Å². The van der Waals surface area contributed by atoms with E-state index in [1.54, 1.807) is 0 Å². The maximum Gasteiger partial charge on any atom is 0.256 e. The van der Waals surface area contributed by atoms with E-state index in [1.165, 1.54) is 0 Å². The molecule has 2 aromatic rings. The third-order valence-corrected chi connectivity index (χ3v) is 3.28. The summed E-state index contributed by atoms with van der Waals surface area (Å²) in [7, 11) is 0. The number of ether oxygens (including phenoxy) is 1. The number of amides is 1. The molecule has 3 heteroatoms. The van der Waals surface area contributed by atoms with Crippen LogP contribution in [-0.2, 0) is 0 Å². The number of benzene rings is 2. The number of hydrogen-bond donors (Lipinski definition) is 1. The summed E-state index contributed by atoms with van der Waals surface area (Å²) in [5, 5.41) is 2.93. The maximum absolute atomic E-state index is 12.4. The van der Waals surface area contributed by atoms with Crippen molar-refractivity contribution in [2.45, 2.75) is 26.7 Å². The minimum atomic E-state index is -0.111. The molecule has 0 bridgehead atoms. The van der Waals surface area contributed by atoms with Gasteiger partial charge in [-0.25, -0.2) is 0 Å². The van der Waals surface area contributed by atoms with Crippen molar-refractivity contribution < 1.29 is 9.53 Å². The Morgan fingerprint density at radius 2 is 1.81 bits per heavy atom. The number of carbonyl (C=O) groups is 1. The van der Waals surface area contributed by atoms with Crippen molar-refractivity contribution in [2.24, 2.45) is 0 Å². The highest BCUT2D eigenvalue weighted by Gasteiger charge is 2.11. The van der Waals surface area contributed by atoms with Gasteiger partial charge in [0.1, 0.15) is 5.75 Å². The SMILES string of the molecule is CCCCOc1ccccc1NC(=O)c1ccccc1C. The van der Waals surface area contributed by atoms with Crippen LogP contribution in [-0.4, -0.2) is 12.5 Å². The number of rotatable bonds is 6. The molecule has 21 heavy (non-hydrogen) atoms. The molecule has 0 heterocycles. The molecule has 0 saturated carbocycles. The Kier molecular flexibility index (Phi) is 5.38. The standard InChI is InChI=1S/C18H21NO2/c1-3-4-13-21-17-12-8-7-11-16(17)19-18(20)15-10-6-5-9-14(15)2/h5-12H,3-4,13H2,1-2H3,(H,19,20). The molecule has 0 radical (unpaired) electrons. The van der Waals surface area contributed by atoms with Gasteiger partial charge >= 0.3 is 0 Å². The number of para-hydroxylation sites is 2. The monoisotopic (exact) mass is 283 g/mol. The van der Waals surface area contributed by atoms with E-state index in [0.717, 1.165) is 18.4 Å². The van der Waals surface area contributed by atoms with Crippen LogP contribution in [0.25, 0.3) is 0 Å². The minimum absolute atomic E-state index is 0.111. The van der Waals surface area contributed by atoms with Gasteiger partial charge < -0.3 is 10.1 Å². The van der Waals surface area contributed by atoms with Gasteiger partial charge in [-0.15, -0.1) is 0 Å². The molecule has 3 nitrogen and oxygen atoms in total. The van der Waals surface area contributed by atoms with Gasteiger partial charge in [-0.05, 0) is 37.1 Å². The summed E-state index contributed by atoms with van der Waals surface area (Å²) in [5.41, 5.74) is 2.35. The number of aryl methyl sites for hydroxylation is 1. The fraction of sp³-hybridized carbons (Fsp3) is 0.278. The van der Waals surface area contributed by atoms with E-state index in [1.807, 2.05) is 55.5 Å². The smallest absolute Gasteiger partial charge is 0.256 e. The number of unbranched alkanes of at least 4 members (excludes halogenated alkanes) is 1. The van der Waals surface area contributed by atoms with Crippen molar-refractivity contribution in [1.29, 1.82) is 0 Å². The van der Waals surface area contributed by atoms with Crippen LogP contribution in [0.1, 0.15) is 35.7 Å². The number of carbonyl (C=O) groups excluding carboxylic acids is 1. The first kappa shape index (κ1) is 15.1. The lowest BCUT2D eigenvalue weighted by atomic mass is 10.1. The average Bonchev–Trinajstić information content (AvgIpc) is 2.49. The summed E-state index contributed by atoms with van der Waals surface area (Å²) in [6.45, 7) is 4.71. The predicted molar refractivity (Wildman–Crippen MR) is 86.0 cm³/mol. The highest BCUT2D eigenvalue weighted by molar-refractivity contribution is 6.05. The number of hydrogen-bond acceptors (Lipinski definition) is 2. The van der Waals surface area contributed by atoms with Crippen LogP contribution in [0.2, 0.25) is 0 Å². The summed E-state index contributed by atoms with van der Waals surface area (Å²) >= 11 is 0. The average molecular weight is 283 g/mol. The second kappa shape index (κ2) is 7.48. The lowest BCUT2D eigenvalue weighted by Gasteiger charge is -2.13. The highest BCUT2D eigenvalue weighted by atomic mass is 16.5. The zero-order valence-electron chi connectivity index (χ0n) is 12.6. The largest absolute Gasteiger partial charge is 0.491 e. The van der Waals surface area contributed by atoms with Crippen LogP contribution in [0.4, 0.5) is 5.69 Å². The van der Waals surface area contributed by atoms with Crippen molar-refractivity contribution in [3.63, 3.8) is 0 Å². The van der Waals surface area contributed by atoms with Gasteiger partial charge in [-0.1, -0.05) is 43.7 Å². The van der Waals surface area contributed by atoms with Crippen LogP contribution in [0.15, 0.2) is 48.5 Å². The molecule has 0 fully saturated rings. The summed E-state index contributed by atoms with van der Waals surface area (Å²) < 4.78 is 5.73. The Balaban J connectivity index is 2.12. The molecule has 110 valence electrons. The molecule has 2 rings (SSSR count). The molecule has 0 saturated heterocycles. The molecule has 0 aliphatic rings. The van der Waals surface area contributed by atoms with Crippen LogP contribution in [0.3, 0.4) is 0 Å². The van der Waals surface area contributed by atoms with E-state index in [4.69, 9.17) is 4.74 Å². The van der Waals surface area contributed by atoms with Gasteiger partial charge in [0, 0.05) is 5.56 Å². The fourth-order valence-corrected chi connectivity index (χ4v) is 2.04. The Hall–Kier alpha value is -2.29. The molecule has 0 atom stereocenters. The Morgan fingerprint density at radius 1 is 1.10 bits per heavy atom. The maximum atomic E-state index is 12.4. The predicted octanol–water partition coefficient (Wildman–Crippen LogP) is 4.43. The second-order valence-corrected chi connectivity index (χ2v) is 4.97. The summed E-state index contributed by atoms with van der Waals surface area (Å²) in [5.74, 6) is 0.604. The van der Waals surface area contributed by atoms with Gasteiger partial charge in [0.15, 0.2) is 0 Å². The van der Waals surface area contributed by atoms with Gasteiger partial charge in [0.25, 0.3) is 5.91 Å². The zero-order valence-corrected chi connectivity index (χ0v) is 12.6. The van der Waals surface area contributed by atoms with Crippen molar-refractivity contribution in [3.8, 4) is 5.75 Å². The lowest BCUT2D eigenvalue weighted by Crippen LogP contribution is -2.14. The van der Waals surface area contributed by atoms with Gasteiger partial charge in [0.05, 0.1) is 12.3 Å². The van der Waals surface area contributed by atoms with Crippen molar-refractivity contribution in [2.75, 3.05) is 11.9 Å². The topological polar surface area (TPSA) is 38.3 Å². The van der Waals surface area contributed by atoms with Crippen LogP contribution in [0.5, 0.6) is 5.75 Å². The summed E-state index contributed by atoms with van der Waals surface area (Å²) in [6, 6.07) is 15.1. The first-order valence-corrected chi connectivity index (χ1v) is 7.31. The lowest BCUT2D eigenvalue weighted by molar-refractivity contribution is 0.102. The molecular formula is C18H21NO2. The molecule has 1 N–H and O–H groups in total. The molecule has 1 amide bonds. The van der Waals surface area contributed by atoms with Gasteiger partial charge in [-0.3, -0.25) is 4.79 Å². The molecular weight excluding hydrogens is 262 g/mol. The fourth-order valence-electron chi connectivity index (χ4n) is 2.04. The van der Waals surface area contributed by atoms with Crippen molar-refractivity contribution in [3.05, 3.63) is 59.7 Å². The number of anilines is 1. The second-order valence-electron chi connectivity index (χ2n) is 4.97. The summed E-state index contributed by atoms with van der Waals surface area (Å²) in [6.07, 6.45) is 2.08. The van der Waals surface area contributed by atoms with E-state index < -0.39 is 0 Å². The van der Waals surface area contributed by atoms with E-state index in [0.29, 0.717) is 23.6 Å². The third-order valence-electron chi connectivity index (χ3n) is 3.28. The third kappa shape index (κ3) is 4.09. The first-order valence-electron chi connectivity index (χ1n) is 7.31. The Labute approximate surface area is 126 Å². The highest BCUT2D eigenvalue weighted by Crippen LogP contribution is 2.25. The van der Waals surface area contributed by atoms with E-state index in [9.17, 15) is 4.79 Å². The Morgan fingerprint density at radius 3 is 2.57 bits per heavy atom. The van der Waals surface area contributed by atoms with Crippen LogP contribution < -0.4 is 10.1 Å². The molecule has 0 aromatic heterocycles.